The smallest absolute Gasteiger partial charge is 0.241 e. The first kappa shape index (κ1) is 12.9. The van der Waals surface area contributed by atoms with Gasteiger partial charge in [-0.3, -0.25) is 4.79 Å². The quantitative estimate of drug-likeness (QED) is 0.834. The summed E-state index contributed by atoms with van der Waals surface area (Å²) in [5, 5.41) is 5.52. The average Bonchev–Trinajstić information content (AvgIpc) is 2.07. The summed E-state index contributed by atoms with van der Waals surface area (Å²) in [4.78, 5) is 11.5. The van der Waals surface area contributed by atoms with E-state index in [2.05, 4.69) is 10.6 Å². The van der Waals surface area contributed by atoms with Crippen molar-refractivity contribution in [2.24, 2.45) is 0 Å². The number of hydrogen-bond acceptors (Lipinski definition) is 2. The van der Waals surface area contributed by atoms with Gasteiger partial charge in [0, 0.05) is 0 Å². The van der Waals surface area contributed by atoms with E-state index in [0.717, 1.165) is 18.5 Å². The number of benzene rings is 1. The molecule has 1 aromatic carbocycles. The van der Waals surface area contributed by atoms with Crippen LogP contribution in [-0.4, -0.2) is 18.5 Å². The van der Waals surface area contributed by atoms with Gasteiger partial charge in [0.05, 0.1) is 11.7 Å². The molecule has 1 amide bonds. The Labute approximate surface area is 99.8 Å². The van der Waals surface area contributed by atoms with Crippen molar-refractivity contribution in [3.63, 3.8) is 0 Å². The lowest BCUT2D eigenvalue weighted by Crippen LogP contribution is -2.50. The molecule has 88 valence electrons. The molecule has 0 saturated carbocycles. The first-order valence-electron chi connectivity index (χ1n) is 4.97. The minimum Gasteiger partial charge on any atom is -0.322 e. The number of carbonyl (C=O) groups is 1. The van der Waals surface area contributed by atoms with Crippen LogP contribution in [0.3, 0.4) is 0 Å². The van der Waals surface area contributed by atoms with Gasteiger partial charge in [-0.25, -0.2) is 4.39 Å². The van der Waals surface area contributed by atoms with Crippen molar-refractivity contribution >= 4 is 24.0 Å². The molecule has 0 radical (unpaired) electrons. The Morgan fingerprint density at radius 1 is 1.56 bits per heavy atom. The molecule has 5 heteroatoms. The number of amides is 1. The molecule has 3 nitrogen and oxygen atoms in total. The van der Waals surface area contributed by atoms with Gasteiger partial charge in [0.2, 0.25) is 5.91 Å². The minimum atomic E-state index is -0.386. The van der Waals surface area contributed by atoms with Crippen LogP contribution in [0.1, 0.15) is 12.0 Å². The van der Waals surface area contributed by atoms with E-state index in [4.69, 9.17) is 0 Å². The van der Waals surface area contributed by atoms with Crippen LogP contribution in [-0.2, 0) is 4.79 Å². The zero-order chi connectivity index (χ0) is 10.8. The van der Waals surface area contributed by atoms with E-state index in [1.54, 1.807) is 12.1 Å². The van der Waals surface area contributed by atoms with Crippen LogP contribution in [0.5, 0.6) is 0 Å². The molecule has 0 spiro atoms. The maximum atomic E-state index is 13.4. The van der Waals surface area contributed by atoms with E-state index >= 15 is 0 Å². The van der Waals surface area contributed by atoms with Crippen molar-refractivity contribution in [1.82, 2.24) is 5.32 Å². The van der Waals surface area contributed by atoms with Gasteiger partial charge in [-0.2, -0.15) is 0 Å². The summed E-state index contributed by atoms with van der Waals surface area (Å²) in [7, 11) is 0. The van der Waals surface area contributed by atoms with E-state index in [1.807, 2.05) is 6.92 Å². The minimum absolute atomic E-state index is 0. The highest BCUT2D eigenvalue weighted by Crippen LogP contribution is 2.16. The summed E-state index contributed by atoms with van der Waals surface area (Å²) in [5.41, 5.74) is 1.09. The van der Waals surface area contributed by atoms with Crippen LogP contribution in [0.2, 0.25) is 0 Å². The van der Waals surface area contributed by atoms with Crippen molar-refractivity contribution in [3.05, 3.63) is 29.6 Å². The normalized spacial score (nSPS) is 18.2. The topological polar surface area (TPSA) is 41.1 Å². The maximum Gasteiger partial charge on any atom is 0.241 e. The van der Waals surface area contributed by atoms with Crippen molar-refractivity contribution in [3.8, 4) is 0 Å². The Morgan fingerprint density at radius 2 is 2.25 bits per heavy atom. The van der Waals surface area contributed by atoms with Gasteiger partial charge in [0.25, 0.3) is 0 Å². The van der Waals surface area contributed by atoms with E-state index in [0.29, 0.717) is 0 Å². The van der Waals surface area contributed by atoms with Crippen LogP contribution in [0, 0.1) is 12.7 Å². The third-order valence-corrected chi connectivity index (χ3v) is 2.52. The van der Waals surface area contributed by atoms with Gasteiger partial charge in [-0.05, 0) is 37.6 Å². The highest BCUT2D eigenvalue weighted by atomic mass is 35.5. The van der Waals surface area contributed by atoms with Crippen molar-refractivity contribution < 1.29 is 9.18 Å². The number of nitrogens with one attached hydrogen (secondary N) is 2. The summed E-state index contributed by atoms with van der Waals surface area (Å²) < 4.78 is 13.4. The summed E-state index contributed by atoms with van der Waals surface area (Å²) in [6.45, 7) is 2.66. The summed E-state index contributed by atoms with van der Waals surface area (Å²) in [6.07, 6.45) is 0.819. The molecule has 0 bridgehead atoms. The third kappa shape index (κ3) is 2.71. The van der Waals surface area contributed by atoms with Gasteiger partial charge < -0.3 is 10.6 Å². The zero-order valence-corrected chi connectivity index (χ0v) is 9.73. The lowest BCUT2D eigenvalue weighted by molar-refractivity contribution is -0.119. The fourth-order valence-corrected chi connectivity index (χ4v) is 1.45. The second-order valence-corrected chi connectivity index (χ2v) is 3.77. The molecular formula is C11H14ClFN2O. The predicted octanol–water partition coefficient (Wildman–Crippen LogP) is 1.86. The molecule has 1 heterocycles. The van der Waals surface area contributed by atoms with Crippen molar-refractivity contribution in [1.29, 1.82) is 0 Å². The molecule has 1 fully saturated rings. The maximum absolute atomic E-state index is 13.4. The summed E-state index contributed by atoms with van der Waals surface area (Å²) in [5.74, 6) is -0.549. The van der Waals surface area contributed by atoms with E-state index < -0.39 is 0 Å². The molecular weight excluding hydrogens is 231 g/mol. The Hall–Kier alpha value is -1.13. The highest BCUT2D eigenvalue weighted by molar-refractivity contribution is 5.95. The molecule has 1 aliphatic rings. The third-order valence-electron chi connectivity index (χ3n) is 2.52. The van der Waals surface area contributed by atoms with Crippen molar-refractivity contribution in [2.45, 2.75) is 19.4 Å². The molecule has 0 unspecified atom stereocenters. The molecule has 2 rings (SSSR count). The number of halogens is 2. The van der Waals surface area contributed by atoms with Crippen molar-refractivity contribution in [2.75, 3.05) is 11.9 Å². The van der Waals surface area contributed by atoms with Crippen LogP contribution in [0.4, 0.5) is 10.1 Å². The largest absolute Gasteiger partial charge is 0.322 e. The van der Waals surface area contributed by atoms with Gasteiger partial charge in [-0.1, -0.05) is 6.07 Å². The Morgan fingerprint density at radius 3 is 2.75 bits per heavy atom. The lowest BCUT2D eigenvalue weighted by atomic mass is 10.1. The Kier molecular flexibility index (Phi) is 4.26. The Balaban J connectivity index is 0.00000128. The van der Waals surface area contributed by atoms with Crippen LogP contribution in [0.15, 0.2) is 18.2 Å². The molecule has 2 N–H and O–H groups in total. The Bertz CT molecular complexity index is 394. The molecule has 0 aliphatic carbocycles. The fraction of sp³-hybridized carbons (Fsp3) is 0.364. The number of hydrogen-bond donors (Lipinski definition) is 2. The highest BCUT2D eigenvalue weighted by Gasteiger charge is 2.24. The molecule has 16 heavy (non-hydrogen) atoms. The summed E-state index contributed by atoms with van der Waals surface area (Å²) in [6, 6.07) is 4.60. The number of carbonyl (C=O) groups excluding carboxylic acids is 1. The standard InChI is InChI=1S/C11H13FN2O.ClH/c1-7-2-3-9(8(12)6-7)14-11(15)10-4-5-13-10;/h2-3,6,10,13H,4-5H2,1H3,(H,14,15);1H/t10-;/m1./s1. The second-order valence-electron chi connectivity index (χ2n) is 3.77. The SMILES string of the molecule is Cc1ccc(NC(=O)[C@H]2CCN2)c(F)c1.Cl. The molecule has 1 aromatic rings. The molecule has 1 aliphatic heterocycles. The van der Waals surface area contributed by atoms with E-state index in [-0.39, 0.29) is 35.9 Å². The first-order valence-corrected chi connectivity index (χ1v) is 4.97. The van der Waals surface area contributed by atoms with Crippen LogP contribution in [0.25, 0.3) is 0 Å². The van der Waals surface area contributed by atoms with Gasteiger partial charge in [0.1, 0.15) is 5.82 Å². The zero-order valence-electron chi connectivity index (χ0n) is 8.92. The van der Waals surface area contributed by atoms with E-state index in [1.165, 1.54) is 6.07 Å². The summed E-state index contributed by atoms with van der Waals surface area (Å²) >= 11 is 0. The number of aryl methyl sites for hydroxylation is 1. The number of rotatable bonds is 2. The predicted molar refractivity (Wildman–Crippen MR) is 63.4 cm³/mol. The van der Waals surface area contributed by atoms with Gasteiger partial charge in [0.15, 0.2) is 0 Å². The van der Waals surface area contributed by atoms with Gasteiger partial charge in [-0.15, -0.1) is 12.4 Å². The van der Waals surface area contributed by atoms with E-state index in [9.17, 15) is 9.18 Å². The van der Waals surface area contributed by atoms with Gasteiger partial charge >= 0.3 is 0 Å². The molecule has 0 aromatic heterocycles. The second kappa shape index (κ2) is 5.27. The monoisotopic (exact) mass is 244 g/mol. The van der Waals surface area contributed by atoms with Crippen LogP contribution >= 0.6 is 12.4 Å². The first-order chi connectivity index (χ1) is 7.16. The number of anilines is 1. The van der Waals surface area contributed by atoms with Crippen LogP contribution < -0.4 is 10.6 Å². The fourth-order valence-electron chi connectivity index (χ4n) is 1.45. The lowest BCUT2D eigenvalue weighted by Gasteiger charge is -2.26. The molecule has 1 saturated heterocycles. The molecule has 1 atom stereocenters. The average molecular weight is 245 g/mol.